The topological polar surface area (TPSA) is 38.7 Å². The van der Waals surface area contributed by atoms with Gasteiger partial charge in [0.25, 0.3) is 0 Å². The summed E-state index contributed by atoms with van der Waals surface area (Å²) in [6, 6.07) is 0.919. The molecular weight excluding hydrogens is 204 g/mol. The number of aliphatic hydroxyl groups excluding tert-OH is 1. The van der Waals surface area contributed by atoms with E-state index in [-0.39, 0.29) is 5.05 Å². The van der Waals surface area contributed by atoms with Gasteiger partial charge < -0.3 is 14.0 Å². The Morgan fingerprint density at radius 2 is 1.85 bits per heavy atom. The molecule has 0 aromatic carbocycles. The Kier molecular flexibility index (Phi) is 8.64. The third kappa shape index (κ3) is 8.36. The molecule has 0 aromatic rings. The molecule has 0 aliphatic rings. The maximum absolute atomic E-state index is 8.79. The second kappa shape index (κ2) is 8.62. The van der Waals surface area contributed by atoms with Crippen LogP contribution in [0.1, 0.15) is 26.7 Å². The van der Waals surface area contributed by atoms with Crippen LogP contribution in [0.2, 0.25) is 6.04 Å². The predicted octanol–water partition coefficient (Wildman–Crippen LogP) is 1.95. The van der Waals surface area contributed by atoms with Gasteiger partial charge in [-0.2, -0.15) is 0 Å². The van der Waals surface area contributed by atoms with Gasteiger partial charge in [0.1, 0.15) is 0 Å². The maximum Gasteiger partial charge on any atom is 0.321 e. The Balaban J connectivity index is 3.49. The fourth-order valence-corrected chi connectivity index (χ4v) is 2.86. The van der Waals surface area contributed by atoms with Crippen molar-refractivity contribution in [1.82, 2.24) is 0 Å². The van der Waals surface area contributed by atoms with Crippen LogP contribution in [0, 0.1) is 0 Å². The lowest BCUT2D eigenvalue weighted by Crippen LogP contribution is -2.22. The molecule has 1 N–H and O–H groups in total. The molecule has 13 heavy (non-hydrogen) atoms. The van der Waals surface area contributed by atoms with Crippen LogP contribution in [0.25, 0.3) is 0 Å². The molecule has 0 fully saturated rings. The van der Waals surface area contributed by atoms with Crippen molar-refractivity contribution in [3.8, 4) is 0 Å². The molecule has 0 aromatic heterocycles. The first-order valence-electron chi connectivity index (χ1n) is 4.65. The highest BCUT2D eigenvalue weighted by Gasteiger charge is 2.11. The van der Waals surface area contributed by atoms with Gasteiger partial charge in [-0.05, 0) is 38.5 Å². The van der Waals surface area contributed by atoms with Crippen molar-refractivity contribution in [2.75, 3.05) is 13.2 Å². The lowest BCUT2D eigenvalue weighted by Gasteiger charge is -2.13. The standard InChI is InChI=1S/C8H18O3SSi/c1-3-10-13(11-4-2)7-5-6-8(9)12/h13H,3-7H2,1-2H3,(H,9,12). The highest BCUT2D eigenvalue weighted by molar-refractivity contribution is 7.80. The average molecular weight is 222 g/mol. The van der Waals surface area contributed by atoms with E-state index in [1.54, 1.807) is 0 Å². The average Bonchev–Trinajstić information content (AvgIpc) is 2.04. The van der Waals surface area contributed by atoms with Crippen LogP contribution in [0.5, 0.6) is 0 Å². The van der Waals surface area contributed by atoms with E-state index in [1.165, 1.54) is 0 Å². The van der Waals surface area contributed by atoms with Crippen molar-refractivity contribution >= 4 is 26.6 Å². The van der Waals surface area contributed by atoms with Crippen molar-refractivity contribution < 1.29 is 14.0 Å². The molecule has 0 radical (unpaired) electrons. The SMILES string of the molecule is CCO[SiH](CCCC(O)=S)OCC. The zero-order valence-corrected chi connectivity index (χ0v) is 10.3. The summed E-state index contributed by atoms with van der Waals surface area (Å²) >= 11 is 4.57. The molecule has 0 aliphatic heterocycles. The molecule has 3 nitrogen and oxygen atoms in total. The molecule has 0 heterocycles. The van der Waals surface area contributed by atoms with Gasteiger partial charge in [-0.1, -0.05) is 0 Å². The van der Waals surface area contributed by atoms with Gasteiger partial charge in [-0.3, -0.25) is 0 Å². The first-order valence-corrected chi connectivity index (χ1v) is 6.82. The van der Waals surface area contributed by atoms with Crippen LogP contribution in [-0.4, -0.2) is 32.7 Å². The summed E-state index contributed by atoms with van der Waals surface area (Å²) in [4.78, 5) is 0. The maximum atomic E-state index is 8.79. The largest absolute Gasteiger partial charge is 0.502 e. The number of hydrogen-bond donors (Lipinski definition) is 1. The Labute approximate surface area is 86.9 Å². The van der Waals surface area contributed by atoms with E-state index in [2.05, 4.69) is 12.2 Å². The van der Waals surface area contributed by atoms with Crippen LogP contribution < -0.4 is 0 Å². The van der Waals surface area contributed by atoms with Crippen molar-refractivity contribution in [1.29, 1.82) is 0 Å². The summed E-state index contributed by atoms with van der Waals surface area (Å²) in [6.07, 6.45) is 1.45. The van der Waals surface area contributed by atoms with Gasteiger partial charge in [0.05, 0.1) is 0 Å². The normalized spacial score (nSPS) is 10.7. The number of thiocarbonyl (C=S) groups is 1. The van der Waals surface area contributed by atoms with Gasteiger partial charge >= 0.3 is 9.28 Å². The second-order valence-corrected chi connectivity index (χ2v) is 5.20. The quantitative estimate of drug-likeness (QED) is 0.503. The summed E-state index contributed by atoms with van der Waals surface area (Å²) in [5, 5.41) is 8.87. The van der Waals surface area contributed by atoms with Crippen molar-refractivity contribution in [2.24, 2.45) is 0 Å². The second-order valence-electron chi connectivity index (χ2n) is 2.63. The lowest BCUT2D eigenvalue weighted by molar-refractivity contribution is 0.213. The zero-order chi connectivity index (χ0) is 10.1. The van der Waals surface area contributed by atoms with E-state index in [0.717, 1.165) is 12.5 Å². The summed E-state index contributed by atoms with van der Waals surface area (Å²) < 4.78 is 10.9. The van der Waals surface area contributed by atoms with E-state index >= 15 is 0 Å². The molecule has 0 spiro atoms. The minimum atomic E-state index is -1.46. The predicted molar refractivity (Wildman–Crippen MR) is 59.7 cm³/mol. The molecule has 0 atom stereocenters. The van der Waals surface area contributed by atoms with E-state index in [1.807, 2.05) is 13.8 Å². The zero-order valence-electron chi connectivity index (χ0n) is 8.28. The summed E-state index contributed by atoms with van der Waals surface area (Å²) in [5.74, 6) is 0. The molecule has 5 heteroatoms. The molecule has 0 saturated heterocycles. The molecule has 0 aliphatic carbocycles. The first kappa shape index (κ1) is 13.0. The Morgan fingerprint density at radius 3 is 2.23 bits per heavy atom. The van der Waals surface area contributed by atoms with Gasteiger partial charge in [-0.25, -0.2) is 0 Å². The number of aliphatic hydroxyl groups is 1. The molecule has 0 saturated carbocycles. The number of hydrogen-bond acceptors (Lipinski definition) is 3. The number of rotatable bonds is 8. The van der Waals surface area contributed by atoms with Crippen LogP contribution in [0.15, 0.2) is 0 Å². The van der Waals surface area contributed by atoms with E-state index < -0.39 is 9.28 Å². The van der Waals surface area contributed by atoms with Gasteiger partial charge in [0.2, 0.25) is 0 Å². The van der Waals surface area contributed by atoms with Crippen LogP contribution in [0.4, 0.5) is 0 Å². The summed E-state index contributed by atoms with van der Waals surface area (Å²) in [6.45, 7) is 5.35. The molecule has 78 valence electrons. The minimum absolute atomic E-state index is 0.0840. The van der Waals surface area contributed by atoms with Crippen LogP contribution in [-0.2, 0) is 8.85 Å². The van der Waals surface area contributed by atoms with Crippen molar-refractivity contribution in [3.05, 3.63) is 0 Å². The fraction of sp³-hybridized carbons (Fsp3) is 0.875. The monoisotopic (exact) mass is 222 g/mol. The van der Waals surface area contributed by atoms with E-state index in [9.17, 15) is 0 Å². The minimum Gasteiger partial charge on any atom is -0.502 e. The third-order valence-corrected chi connectivity index (χ3v) is 4.03. The van der Waals surface area contributed by atoms with E-state index in [4.69, 9.17) is 14.0 Å². The van der Waals surface area contributed by atoms with Crippen molar-refractivity contribution in [2.45, 2.75) is 32.7 Å². The van der Waals surface area contributed by atoms with E-state index in [0.29, 0.717) is 19.6 Å². The van der Waals surface area contributed by atoms with Gasteiger partial charge in [0, 0.05) is 19.6 Å². The van der Waals surface area contributed by atoms with Gasteiger partial charge in [0.15, 0.2) is 5.05 Å². The third-order valence-electron chi connectivity index (χ3n) is 1.54. The molecule has 0 bridgehead atoms. The smallest absolute Gasteiger partial charge is 0.321 e. The molecule has 0 unspecified atom stereocenters. The van der Waals surface area contributed by atoms with Crippen molar-refractivity contribution in [3.63, 3.8) is 0 Å². The Bertz CT molecular complexity index is 137. The molecular formula is C8H18O3SSi. The Hall–Kier alpha value is 0.0269. The van der Waals surface area contributed by atoms with Crippen LogP contribution >= 0.6 is 12.2 Å². The fourth-order valence-electron chi connectivity index (χ4n) is 1.01. The molecule has 0 rings (SSSR count). The Morgan fingerprint density at radius 1 is 1.31 bits per heavy atom. The van der Waals surface area contributed by atoms with Gasteiger partial charge in [-0.15, -0.1) is 0 Å². The summed E-state index contributed by atoms with van der Waals surface area (Å²) in [7, 11) is -1.46. The highest BCUT2D eigenvalue weighted by Crippen LogP contribution is 2.05. The highest BCUT2D eigenvalue weighted by atomic mass is 32.1. The first-order chi connectivity index (χ1) is 6.20. The molecule has 0 amide bonds. The summed E-state index contributed by atoms with van der Waals surface area (Å²) in [5.41, 5.74) is 0. The lowest BCUT2D eigenvalue weighted by atomic mass is 10.4. The van der Waals surface area contributed by atoms with Crippen LogP contribution in [0.3, 0.4) is 0 Å².